The third-order valence-electron chi connectivity index (χ3n) is 3.79. The Morgan fingerprint density at radius 3 is 2.42 bits per heavy atom. The van der Waals surface area contributed by atoms with Crippen molar-refractivity contribution in [1.82, 2.24) is 4.90 Å². The van der Waals surface area contributed by atoms with Crippen molar-refractivity contribution in [2.75, 3.05) is 12.4 Å². The van der Waals surface area contributed by atoms with Crippen LogP contribution in [0.2, 0.25) is 0 Å². The lowest BCUT2D eigenvalue weighted by atomic mass is 10.1. The molecule has 5 heteroatoms. The average Bonchev–Trinajstić information content (AvgIpc) is 2.98. The quantitative estimate of drug-likeness (QED) is 0.731. The Morgan fingerprint density at radius 2 is 1.83 bits per heavy atom. The van der Waals surface area contributed by atoms with Gasteiger partial charge in [-0.2, -0.15) is 0 Å². The van der Waals surface area contributed by atoms with E-state index >= 15 is 0 Å². The van der Waals surface area contributed by atoms with Gasteiger partial charge in [-0.05, 0) is 17.4 Å². The van der Waals surface area contributed by atoms with Crippen LogP contribution < -0.4 is 0 Å². The van der Waals surface area contributed by atoms with Crippen molar-refractivity contribution in [3.05, 3.63) is 35.9 Å². The van der Waals surface area contributed by atoms with Crippen LogP contribution in [0.4, 0.5) is 0 Å². The summed E-state index contributed by atoms with van der Waals surface area (Å²) in [4.78, 5) is 27.0. The summed E-state index contributed by atoms with van der Waals surface area (Å²) < 4.78 is 5.41. The second-order valence-corrected chi connectivity index (χ2v) is 8.15. The molecule has 0 saturated carbocycles. The topological polar surface area (TPSA) is 46.6 Å². The lowest BCUT2D eigenvalue weighted by Crippen LogP contribution is -2.44. The summed E-state index contributed by atoms with van der Waals surface area (Å²) in [5.74, 6) is 0.863. The van der Waals surface area contributed by atoms with Crippen molar-refractivity contribution in [2.24, 2.45) is 11.8 Å². The maximum atomic E-state index is 12.8. The van der Waals surface area contributed by atoms with Gasteiger partial charge in [0.1, 0.15) is 11.4 Å². The van der Waals surface area contributed by atoms with Crippen LogP contribution in [0.15, 0.2) is 30.3 Å². The minimum absolute atomic E-state index is 0.0235. The molecule has 2 rings (SSSR count). The first-order valence-electron chi connectivity index (χ1n) is 8.54. The van der Waals surface area contributed by atoms with E-state index in [1.165, 1.54) is 0 Å². The first-order valence-corrected chi connectivity index (χ1v) is 9.59. The largest absolute Gasteiger partial charge is 0.464 e. The van der Waals surface area contributed by atoms with Gasteiger partial charge in [0.15, 0.2) is 0 Å². The third kappa shape index (κ3) is 4.76. The van der Waals surface area contributed by atoms with Gasteiger partial charge in [-0.15, -0.1) is 11.8 Å². The molecule has 1 aromatic rings. The highest BCUT2D eigenvalue weighted by molar-refractivity contribution is 7.99. The summed E-state index contributed by atoms with van der Waals surface area (Å²) in [7, 11) is 0. The molecule has 4 nitrogen and oxygen atoms in total. The summed E-state index contributed by atoms with van der Waals surface area (Å²) in [6, 6.07) is 9.41. The second kappa shape index (κ2) is 8.56. The van der Waals surface area contributed by atoms with E-state index in [2.05, 4.69) is 0 Å². The van der Waals surface area contributed by atoms with Crippen molar-refractivity contribution in [3.8, 4) is 0 Å². The third-order valence-corrected chi connectivity index (χ3v) is 5.11. The van der Waals surface area contributed by atoms with E-state index in [1.807, 2.05) is 58.0 Å². The second-order valence-electron chi connectivity index (χ2n) is 7.04. The van der Waals surface area contributed by atoms with Crippen LogP contribution in [0.3, 0.4) is 0 Å². The van der Waals surface area contributed by atoms with E-state index in [4.69, 9.17) is 4.74 Å². The number of thioether (sulfide) groups is 1. The van der Waals surface area contributed by atoms with Crippen LogP contribution >= 0.6 is 11.8 Å². The number of nitrogens with zero attached hydrogens (tertiary/aromatic N) is 1. The number of hydrogen-bond acceptors (Lipinski definition) is 4. The number of benzene rings is 1. The molecule has 0 spiro atoms. The lowest BCUT2D eigenvalue weighted by Gasteiger charge is -2.29. The van der Waals surface area contributed by atoms with Gasteiger partial charge in [0.2, 0.25) is 5.91 Å². The van der Waals surface area contributed by atoms with Gasteiger partial charge in [0, 0.05) is 12.2 Å². The van der Waals surface area contributed by atoms with Crippen molar-refractivity contribution >= 4 is 23.6 Å². The monoisotopic (exact) mass is 349 g/mol. The summed E-state index contributed by atoms with van der Waals surface area (Å²) in [5, 5.41) is -0.117. The lowest BCUT2D eigenvalue weighted by molar-refractivity contribution is -0.155. The van der Waals surface area contributed by atoms with Gasteiger partial charge in [-0.1, -0.05) is 58.0 Å². The van der Waals surface area contributed by atoms with E-state index in [-0.39, 0.29) is 29.1 Å². The zero-order chi connectivity index (χ0) is 17.7. The van der Waals surface area contributed by atoms with Gasteiger partial charge in [-0.25, -0.2) is 4.79 Å². The van der Waals surface area contributed by atoms with Crippen molar-refractivity contribution in [2.45, 2.75) is 45.5 Å². The van der Waals surface area contributed by atoms with Gasteiger partial charge in [0.25, 0.3) is 0 Å². The maximum Gasteiger partial charge on any atom is 0.329 e. The van der Waals surface area contributed by atoms with Crippen molar-refractivity contribution < 1.29 is 14.3 Å². The molecule has 2 atom stereocenters. The first kappa shape index (κ1) is 18.8. The molecule has 0 radical (unpaired) electrons. The van der Waals surface area contributed by atoms with E-state index in [9.17, 15) is 9.59 Å². The van der Waals surface area contributed by atoms with Crippen molar-refractivity contribution in [3.63, 3.8) is 0 Å². The van der Waals surface area contributed by atoms with Crippen LogP contribution in [0.5, 0.6) is 0 Å². The Morgan fingerprint density at radius 1 is 1.17 bits per heavy atom. The summed E-state index contributed by atoms with van der Waals surface area (Å²) in [6.07, 6.45) is 0.442. The molecule has 0 unspecified atom stereocenters. The molecule has 1 aliphatic heterocycles. The van der Waals surface area contributed by atoms with E-state index in [0.717, 1.165) is 5.56 Å². The molecule has 0 aliphatic carbocycles. The van der Waals surface area contributed by atoms with Crippen LogP contribution in [-0.4, -0.2) is 35.2 Å². The fourth-order valence-electron chi connectivity index (χ4n) is 2.67. The zero-order valence-corrected chi connectivity index (χ0v) is 15.7. The predicted octanol–water partition coefficient (Wildman–Crippen LogP) is 3.87. The smallest absolute Gasteiger partial charge is 0.329 e. The minimum atomic E-state index is -0.495. The normalized spacial score (nSPS) is 20.7. The maximum absolute atomic E-state index is 12.8. The highest BCUT2D eigenvalue weighted by atomic mass is 32.2. The van der Waals surface area contributed by atoms with E-state index in [1.54, 1.807) is 16.7 Å². The van der Waals surface area contributed by atoms with Crippen LogP contribution in [0.1, 0.15) is 45.1 Å². The molecule has 0 N–H and O–H groups in total. The van der Waals surface area contributed by atoms with E-state index in [0.29, 0.717) is 18.8 Å². The van der Waals surface area contributed by atoms with Crippen LogP contribution in [-0.2, 0) is 14.3 Å². The number of ether oxygens (including phenoxy) is 1. The highest BCUT2D eigenvalue weighted by Crippen LogP contribution is 2.42. The van der Waals surface area contributed by atoms with Crippen LogP contribution in [0.25, 0.3) is 0 Å². The Kier molecular flexibility index (Phi) is 6.72. The summed E-state index contributed by atoms with van der Waals surface area (Å²) >= 11 is 1.63. The molecule has 1 saturated heterocycles. The average molecular weight is 349 g/mol. The molecule has 0 aromatic heterocycles. The minimum Gasteiger partial charge on any atom is -0.464 e. The van der Waals surface area contributed by atoms with E-state index < -0.39 is 6.04 Å². The molecule has 1 aromatic carbocycles. The molecule has 1 fully saturated rings. The Hall–Kier alpha value is -1.49. The zero-order valence-electron chi connectivity index (χ0n) is 14.9. The standard InChI is InChI=1S/C19H27NO3S/c1-13(2)10-17(21)20-16(19(22)23-11-14(3)4)12-24-18(20)15-8-6-5-7-9-15/h5-9,13-14,16,18H,10-12H2,1-4H3/t16-,18+/m1/s1. The molecular formula is C19H27NO3S. The summed E-state index contributed by atoms with van der Waals surface area (Å²) in [5.41, 5.74) is 1.05. The number of carbonyl (C=O) groups is 2. The molecule has 24 heavy (non-hydrogen) atoms. The number of rotatable bonds is 6. The molecular weight excluding hydrogens is 322 g/mol. The number of amides is 1. The molecule has 0 bridgehead atoms. The van der Waals surface area contributed by atoms with Gasteiger partial charge < -0.3 is 9.64 Å². The number of hydrogen-bond donors (Lipinski definition) is 0. The first-order chi connectivity index (χ1) is 11.4. The number of esters is 1. The Balaban J connectivity index is 2.20. The highest BCUT2D eigenvalue weighted by Gasteiger charge is 2.43. The van der Waals surface area contributed by atoms with Gasteiger partial charge >= 0.3 is 5.97 Å². The molecule has 1 heterocycles. The molecule has 132 valence electrons. The fraction of sp³-hybridized carbons (Fsp3) is 0.579. The van der Waals surface area contributed by atoms with Crippen LogP contribution in [0, 0.1) is 11.8 Å². The van der Waals surface area contributed by atoms with Gasteiger partial charge in [0.05, 0.1) is 6.61 Å². The van der Waals surface area contributed by atoms with Crippen molar-refractivity contribution in [1.29, 1.82) is 0 Å². The number of carbonyl (C=O) groups excluding carboxylic acids is 2. The Labute approximate surface area is 148 Å². The van der Waals surface area contributed by atoms with Gasteiger partial charge in [-0.3, -0.25) is 4.79 Å². The fourth-order valence-corrected chi connectivity index (χ4v) is 4.10. The summed E-state index contributed by atoms with van der Waals surface area (Å²) in [6.45, 7) is 8.44. The SMILES string of the molecule is CC(C)COC(=O)[C@H]1CS[C@@H](c2ccccc2)N1C(=O)CC(C)C. The molecule has 1 amide bonds. The molecule has 1 aliphatic rings. The Bertz CT molecular complexity index is 559. The predicted molar refractivity (Wildman–Crippen MR) is 97.5 cm³/mol.